The summed E-state index contributed by atoms with van der Waals surface area (Å²) in [6, 6.07) is 6.39. The number of aromatic nitrogens is 1. The molecular formula is C20H32N4O3. The number of carboxylic acid groups (broad SMARTS) is 1. The van der Waals surface area contributed by atoms with Gasteiger partial charge in [-0.25, -0.2) is 4.98 Å². The minimum Gasteiger partial charge on any atom is -0.481 e. The fourth-order valence-corrected chi connectivity index (χ4v) is 4.30. The molecule has 0 atom stereocenters. The first-order chi connectivity index (χ1) is 13.0. The van der Waals surface area contributed by atoms with Crippen molar-refractivity contribution < 1.29 is 15.0 Å². The van der Waals surface area contributed by atoms with Crippen molar-refractivity contribution in [1.82, 2.24) is 14.8 Å². The zero-order valence-corrected chi connectivity index (χ0v) is 16.0. The molecule has 0 spiro atoms. The predicted octanol–water partition coefficient (Wildman–Crippen LogP) is 1.65. The molecule has 1 aromatic heterocycles. The molecule has 0 unspecified atom stereocenters. The van der Waals surface area contributed by atoms with Crippen LogP contribution in [0, 0.1) is 0 Å². The Balaban J connectivity index is 1.31. The second kappa shape index (κ2) is 9.48. The average Bonchev–Trinajstić information content (AvgIpc) is 2.66. The van der Waals surface area contributed by atoms with Gasteiger partial charge in [0.25, 0.3) is 0 Å². The molecule has 3 rings (SSSR count). The number of nitrogens with one attached hydrogen (secondary N) is 1. The van der Waals surface area contributed by atoms with Crippen LogP contribution in [-0.4, -0.2) is 81.9 Å². The zero-order valence-electron chi connectivity index (χ0n) is 16.0. The third kappa shape index (κ3) is 6.16. The maximum absolute atomic E-state index is 10.9. The van der Waals surface area contributed by atoms with Crippen LogP contribution in [0.15, 0.2) is 24.4 Å². The summed E-state index contributed by atoms with van der Waals surface area (Å²) in [5.41, 5.74) is -0.995. The first-order valence-corrected chi connectivity index (χ1v) is 10.1. The third-order valence-corrected chi connectivity index (χ3v) is 5.91. The number of pyridine rings is 1. The standard InChI is InChI=1S/C20H32N4O3/c25-19(26)16-20(27)7-5-17(6-8-20)24-14-12-23(13-15-24)11-3-10-22-18-4-1-2-9-21-18/h1-2,4,9,17,27H,3,5-8,10-16H2,(H,21,22)(H,25,26). The van der Waals surface area contributed by atoms with Crippen molar-refractivity contribution in [2.45, 2.75) is 50.2 Å². The topological polar surface area (TPSA) is 88.9 Å². The summed E-state index contributed by atoms with van der Waals surface area (Å²) in [6.45, 7) is 6.32. The van der Waals surface area contributed by atoms with E-state index in [4.69, 9.17) is 5.11 Å². The van der Waals surface area contributed by atoms with E-state index in [1.54, 1.807) is 6.20 Å². The van der Waals surface area contributed by atoms with Gasteiger partial charge in [-0.3, -0.25) is 9.69 Å². The van der Waals surface area contributed by atoms with E-state index in [0.717, 1.165) is 64.3 Å². The van der Waals surface area contributed by atoms with Gasteiger partial charge in [0.1, 0.15) is 5.82 Å². The lowest BCUT2D eigenvalue weighted by molar-refractivity contribution is -0.144. The molecule has 1 aromatic rings. The van der Waals surface area contributed by atoms with Crippen molar-refractivity contribution in [2.75, 3.05) is 44.6 Å². The van der Waals surface area contributed by atoms with E-state index in [9.17, 15) is 9.90 Å². The highest BCUT2D eigenvalue weighted by Gasteiger charge is 2.37. The van der Waals surface area contributed by atoms with E-state index < -0.39 is 11.6 Å². The molecule has 150 valence electrons. The lowest BCUT2D eigenvalue weighted by Gasteiger charge is -2.43. The number of carboxylic acids is 1. The van der Waals surface area contributed by atoms with Gasteiger partial charge in [-0.15, -0.1) is 0 Å². The van der Waals surface area contributed by atoms with E-state index in [0.29, 0.717) is 18.9 Å². The van der Waals surface area contributed by atoms with Crippen molar-refractivity contribution >= 4 is 11.8 Å². The van der Waals surface area contributed by atoms with Gasteiger partial charge in [0, 0.05) is 45.0 Å². The fourth-order valence-electron chi connectivity index (χ4n) is 4.30. The van der Waals surface area contributed by atoms with Gasteiger partial charge < -0.3 is 20.4 Å². The van der Waals surface area contributed by atoms with E-state index >= 15 is 0 Å². The van der Waals surface area contributed by atoms with Gasteiger partial charge in [0.15, 0.2) is 0 Å². The smallest absolute Gasteiger partial charge is 0.306 e. The molecule has 3 N–H and O–H groups in total. The van der Waals surface area contributed by atoms with Crippen molar-refractivity contribution in [3.05, 3.63) is 24.4 Å². The number of anilines is 1. The number of piperazine rings is 1. The lowest BCUT2D eigenvalue weighted by Crippen LogP contribution is -2.52. The quantitative estimate of drug-likeness (QED) is 0.595. The molecule has 1 saturated heterocycles. The molecule has 2 aliphatic rings. The summed E-state index contributed by atoms with van der Waals surface area (Å²) in [7, 11) is 0. The molecule has 2 heterocycles. The maximum Gasteiger partial charge on any atom is 0.306 e. The number of aliphatic carboxylic acids is 1. The minimum atomic E-state index is -0.995. The highest BCUT2D eigenvalue weighted by atomic mass is 16.4. The Morgan fingerprint density at radius 1 is 1.22 bits per heavy atom. The number of aliphatic hydroxyl groups is 1. The molecule has 7 heteroatoms. The molecule has 1 aliphatic heterocycles. The van der Waals surface area contributed by atoms with Gasteiger partial charge in [-0.2, -0.15) is 0 Å². The molecule has 7 nitrogen and oxygen atoms in total. The second-order valence-electron chi connectivity index (χ2n) is 7.90. The number of nitrogens with zero attached hydrogens (tertiary/aromatic N) is 3. The van der Waals surface area contributed by atoms with Gasteiger partial charge in [0.05, 0.1) is 12.0 Å². The van der Waals surface area contributed by atoms with E-state index in [2.05, 4.69) is 20.1 Å². The van der Waals surface area contributed by atoms with Crippen molar-refractivity contribution in [3.63, 3.8) is 0 Å². The molecule has 1 aliphatic carbocycles. The zero-order chi connectivity index (χ0) is 19.1. The highest BCUT2D eigenvalue weighted by Crippen LogP contribution is 2.33. The SMILES string of the molecule is O=C(O)CC1(O)CCC(N2CCN(CCCNc3ccccn3)CC2)CC1. The van der Waals surface area contributed by atoms with Crippen LogP contribution in [0.5, 0.6) is 0 Å². The molecular weight excluding hydrogens is 344 g/mol. The monoisotopic (exact) mass is 376 g/mol. The van der Waals surface area contributed by atoms with Crippen LogP contribution in [-0.2, 0) is 4.79 Å². The van der Waals surface area contributed by atoms with Crippen molar-refractivity contribution in [2.24, 2.45) is 0 Å². The van der Waals surface area contributed by atoms with Crippen LogP contribution >= 0.6 is 0 Å². The van der Waals surface area contributed by atoms with Crippen LogP contribution in [0.25, 0.3) is 0 Å². The molecule has 1 saturated carbocycles. The highest BCUT2D eigenvalue weighted by molar-refractivity contribution is 5.68. The van der Waals surface area contributed by atoms with Gasteiger partial charge in [-0.05, 0) is 50.8 Å². The normalized spacial score (nSPS) is 27.4. The molecule has 27 heavy (non-hydrogen) atoms. The lowest BCUT2D eigenvalue weighted by atomic mass is 9.79. The molecule has 0 bridgehead atoms. The predicted molar refractivity (Wildman–Crippen MR) is 105 cm³/mol. The van der Waals surface area contributed by atoms with E-state index in [1.165, 1.54) is 0 Å². The van der Waals surface area contributed by atoms with Crippen LogP contribution in [0.4, 0.5) is 5.82 Å². The maximum atomic E-state index is 10.9. The first-order valence-electron chi connectivity index (χ1n) is 10.1. The summed E-state index contributed by atoms with van der Waals surface area (Å²) < 4.78 is 0. The molecule has 0 aromatic carbocycles. The molecule has 2 fully saturated rings. The summed E-state index contributed by atoms with van der Waals surface area (Å²) in [5.74, 6) is 0.0320. The Hall–Kier alpha value is -1.70. The Bertz CT molecular complexity index is 582. The number of rotatable bonds is 8. The summed E-state index contributed by atoms with van der Waals surface area (Å²) in [4.78, 5) is 20.2. The van der Waals surface area contributed by atoms with Crippen LogP contribution < -0.4 is 5.32 Å². The van der Waals surface area contributed by atoms with Gasteiger partial charge >= 0.3 is 5.97 Å². The number of carbonyl (C=O) groups is 1. The summed E-state index contributed by atoms with van der Waals surface area (Å²) in [6.07, 6.45) is 5.78. The average molecular weight is 377 g/mol. The molecule has 0 radical (unpaired) electrons. The van der Waals surface area contributed by atoms with Crippen molar-refractivity contribution in [1.29, 1.82) is 0 Å². The van der Waals surface area contributed by atoms with Crippen LogP contribution in [0.2, 0.25) is 0 Å². The number of hydrogen-bond donors (Lipinski definition) is 3. The van der Waals surface area contributed by atoms with Gasteiger partial charge in [0.2, 0.25) is 0 Å². The summed E-state index contributed by atoms with van der Waals surface area (Å²) in [5, 5.41) is 22.7. The second-order valence-corrected chi connectivity index (χ2v) is 7.90. The summed E-state index contributed by atoms with van der Waals surface area (Å²) >= 11 is 0. The van der Waals surface area contributed by atoms with E-state index in [-0.39, 0.29) is 6.42 Å². The van der Waals surface area contributed by atoms with Crippen molar-refractivity contribution in [3.8, 4) is 0 Å². The van der Waals surface area contributed by atoms with Crippen LogP contribution in [0.3, 0.4) is 0 Å². The minimum absolute atomic E-state index is 0.125. The third-order valence-electron chi connectivity index (χ3n) is 5.91. The number of hydrogen-bond acceptors (Lipinski definition) is 6. The Kier molecular flexibility index (Phi) is 7.04. The fraction of sp³-hybridized carbons (Fsp3) is 0.700. The van der Waals surface area contributed by atoms with Gasteiger partial charge in [-0.1, -0.05) is 6.07 Å². The Morgan fingerprint density at radius 2 is 1.96 bits per heavy atom. The van der Waals surface area contributed by atoms with E-state index in [1.807, 2.05) is 18.2 Å². The Labute approximate surface area is 161 Å². The molecule has 0 amide bonds. The largest absolute Gasteiger partial charge is 0.481 e. The Morgan fingerprint density at radius 3 is 2.59 bits per heavy atom. The van der Waals surface area contributed by atoms with Crippen LogP contribution in [0.1, 0.15) is 38.5 Å². The first kappa shape index (κ1) is 20.0.